The molecule has 6 nitrogen and oxygen atoms in total. The van der Waals surface area contributed by atoms with Gasteiger partial charge in [-0.15, -0.1) is 0 Å². The van der Waals surface area contributed by atoms with Gasteiger partial charge in [-0.1, -0.05) is 54.4 Å². The van der Waals surface area contributed by atoms with Crippen molar-refractivity contribution in [2.75, 3.05) is 5.32 Å². The van der Waals surface area contributed by atoms with Gasteiger partial charge in [0.25, 0.3) is 0 Å². The number of nitrogens with one attached hydrogen (secondary N) is 2. The summed E-state index contributed by atoms with van der Waals surface area (Å²) in [4.78, 5) is 24.2. The zero-order valence-corrected chi connectivity index (χ0v) is 21.4. The van der Waals surface area contributed by atoms with Gasteiger partial charge in [-0.05, 0) is 75.4 Å². The van der Waals surface area contributed by atoms with Crippen LogP contribution in [0.1, 0.15) is 30.0 Å². The summed E-state index contributed by atoms with van der Waals surface area (Å²) in [7, 11) is 0. The maximum atomic E-state index is 12.1. The Morgan fingerprint density at radius 2 is 1.82 bits per heavy atom. The van der Waals surface area contributed by atoms with Gasteiger partial charge in [-0.25, -0.2) is 5.43 Å². The highest BCUT2D eigenvalue weighted by Gasteiger charge is 2.11. The van der Waals surface area contributed by atoms with Gasteiger partial charge < -0.3 is 10.1 Å². The van der Waals surface area contributed by atoms with E-state index < -0.39 is 11.8 Å². The first-order chi connectivity index (χ1) is 16.4. The molecule has 0 unspecified atom stereocenters. The second-order valence-electron chi connectivity index (χ2n) is 7.26. The van der Waals surface area contributed by atoms with Crippen LogP contribution in [-0.2, 0) is 22.6 Å². The zero-order valence-electron chi connectivity index (χ0n) is 18.3. The number of hydrazone groups is 1. The molecule has 3 aromatic rings. The molecule has 9 heteroatoms. The van der Waals surface area contributed by atoms with Crippen molar-refractivity contribution < 1.29 is 14.3 Å². The first-order valence-corrected chi connectivity index (χ1v) is 12.0. The van der Waals surface area contributed by atoms with E-state index in [2.05, 4.69) is 31.8 Å². The van der Waals surface area contributed by atoms with Crippen LogP contribution in [0.3, 0.4) is 0 Å². The summed E-state index contributed by atoms with van der Waals surface area (Å²) in [5.41, 5.74) is 5.69. The summed E-state index contributed by atoms with van der Waals surface area (Å²) >= 11 is 15.4. The maximum Gasteiger partial charge on any atom is 0.249 e. The molecule has 0 saturated carbocycles. The van der Waals surface area contributed by atoms with Crippen molar-refractivity contribution in [3.8, 4) is 5.75 Å². The highest BCUT2D eigenvalue weighted by atomic mass is 79.9. The van der Waals surface area contributed by atoms with Crippen molar-refractivity contribution in [2.24, 2.45) is 5.10 Å². The summed E-state index contributed by atoms with van der Waals surface area (Å²) < 4.78 is 6.54. The molecular weight excluding hydrogens is 541 g/mol. The quantitative estimate of drug-likeness (QED) is 0.180. The number of carbonyl (C=O) groups is 2. The number of hydrogen-bond donors (Lipinski definition) is 2. The topological polar surface area (TPSA) is 79.8 Å². The van der Waals surface area contributed by atoms with E-state index in [1.54, 1.807) is 30.3 Å². The minimum absolute atomic E-state index is 0.323. The van der Waals surface area contributed by atoms with E-state index in [4.69, 9.17) is 27.9 Å². The Bertz CT molecular complexity index is 1220. The van der Waals surface area contributed by atoms with E-state index in [-0.39, 0.29) is 6.42 Å². The van der Waals surface area contributed by atoms with Crippen LogP contribution in [0, 0.1) is 0 Å². The average Bonchev–Trinajstić information content (AvgIpc) is 2.81. The van der Waals surface area contributed by atoms with Crippen molar-refractivity contribution in [1.82, 2.24) is 5.43 Å². The third-order valence-electron chi connectivity index (χ3n) is 4.73. The van der Waals surface area contributed by atoms with Gasteiger partial charge in [0.05, 0.1) is 20.7 Å². The number of anilines is 1. The van der Waals surface area contributed by atoms with Crippen molar-refractivity contribution >= 4 is 62.8 Å². The van der Waals surface area contributed by atoms with Crippen LogP contribution >= 0.6 is 39.1 Å². The standard InChI is InChI=1S/C25H22BrCl2N3O3/c1-2-18-5-3-4-6-22(18)30-24(32)13-25(33)31-29-14-16-8-10-23(19(26)11-16)34-15-17-7-9-20(27)21(28)12-17/h3-12,14H,2,13,15H2,1H3,(H,30,32)(H,31,33). The third kappa shape index (κ3) is 7.58. The van der Waals surface area contributed by atoms with Crippen LogP contribution < -0.4 is 15.5 Å². The van der Waals surface area contributed by atoms with Gasteiger partial charge in [-0.2, -0.15) is 5.10 Å². The fourth-order valence-corrected chi connectivity index (χ4v) is 3.85. The molecule has 0 aliphatic rings. The molecule has 34 heavy (non-hydrogen) atoms. The van der Waals surface area contributed by atoms with Gasteiger partial charge >= 0.3 is 0 Å². The Hall–Kier alpha value is -2.87. The fourth-order valence-electron chi connectivity index (χ4n) is 3.01. The Labute approximate surface area is 216 Å². The first kappa shape index (κ1) is 25.7. The van der Waals surface area contributed by atoms with E-state index in [0.717, 1.165) is 27.6 Å². The fraction of sp³-hybridized carbons (Fsp3) is 0.160. The summed E-state index contributed by atoms with van der Waals surface area (Å²) in [5.74, 6) is -0.278. The molecule has 0 spiro atoms. The molecule has 0 bridgehead atoms. The SMILES string of the molecule is CCc1ccccc1NC(=O)CC(=O)NN=Cc1ccc(OCc2ccc(Cl)c(Cl)c2)c(Br)c1. The Kier molecular flexibility index (Phi) is 9.51. The van der Waals surface area contributed by atoms with E-state index in [1.165, 1.54) is 6.21 Å². The molecule has 0 saturated heterocycles. The van der Waals surface area contributed by atoms with Gasteiger partial charge in [-0.3, -0.25) is 9.59 Å². The molecule has 0 radical (unpaired) electrons. The minimum Gasteiger partial charge on any atom is -0.488 e. The van der Waals surface area contributed by atoms with E-state index in [9.17, 15) is 9.59 Å². The number of halogens is 3. The molecule has 2 N–H and O–H groups in total. The van der Waals surface area contributed by atoms with E-state index in [1.807, 2.05) is 37.3 Å². The van der Waals surface area contributed by atoms with Gasteiger partial charge in [0, 0.05) is 5.69 Å². The largest absolute Gasteiger partial charge is 0.488 e. The lowest BCUT2D eigenvalue weighted by molar-refractivity contribution is -0.126. The zero-order chi connectivity index (χ0) is 24.5. The second-order valence-corrected chi connectivity index (χ2v) is 8.92. The van der Waals surface area contributed by atoms with Crippen LogP contribution in [0.5, 0.6) is 5.75 Å². The molecule has 2 amide bonds. The second kappa shape index (κ2) is 12.6. The molecule has 0 aliphatic carbocycles. The monoisotopic (exact) mass is 561 g/mol. The normalized spacial score (nSPS) is 10.8. The molecule has 3 aromatic carbocycles. The van der Waals surface area contributed by atoms with Gasteiger partial charge in [0.15, 0.2) is 0 Å². The number of benzene rings is 3. The summed E-state index contributed by atoms with van der Waals surface area (Å²) in [6.07, 6.45) is 1.93. The third-order valence-corrected chi connectivity index (χ3v) is 6.09. The maximum absolute atomic E-state index is 12.1. The molecule has 0 aromatic heterocycles. The number of aryl methyl sites for hydroxylation is 1. The van der Waals surface area contributed by atoms with Crippen LogP contribution in [-0.4, -0.2) is 18.0 Å². The van der Waals surface area contributed by atoms with Crippen molar-refractivity contribution in [3.63, 3.8) is 0 Å². The highest BCUT2D eigenvalue weighted by molar-refractivity contribution is 9.10. The van der Waals surface area contributed by atoms with E-state index >= 15 is 0 Å². The van der Waals surface area contributed by atoms with Gasteiger partial charge in [0.2, 0.25) is 11.8 Å². The lowest BCUT2D eigenvalue weighted by Crippen LogP contribution is -2.25. The number of hydrogen-bond acceptors (Lipinski definition) is 4. The lowest BCUT2D eigenvalue weighted by atomic mass is 10.1. The van der Waals surface area contributed by atoms with Crippen LogP contribution in [0.25, 0.3) is 0 Å². The van der Waals surface area contributed by atoms with Crippen LogP contribution in [0.15, 0.2) is 70.2 Å². The Morgan fingerprint density at radius 1 is 1.03 bits per heavy atom. The molecule has 3 rings (SSSR count). The molecule has 0 fully saturated rings. The molecule has 176 valence electrons. The smallest absolute Gasteiger partial charge is 0.249 e. The van der Waals surface area contributed by atoms with Crippen molar-refractivity contribution in [1.29, 1.82) is 0 Å². The van der Waals surface area contributed by atoms with Crippen molar-refractivity contribution in [3.05, 3.63) is 91.9 Å². The predicted molar refractivity (Wildman–Crippen MR) is 140 cm³/mol. The summed E-state index contributed by atoms with van der Waals surface area (Å²) in [6.45, 7) is 2.32. The number of nitrogens with zero attached hydrogens (tertiary/aromatic N) is 1. The molecule has 0 atom stereocenters. The van der Waals surface area contributed by atoms with Gasteiger partial charge in [0.1, 0.15) is 18.8 Å². The lowest BCUT2D eigenvalue weighted by Gasteiger charge is -2.10. The van der Waals surface area contributed by atoms with E-state index in [0.29, 0.717) is 28.1 Å². The summed E-state index contributed by atoms with van der Waals surface area (Å²) in [6, 6.07) is 18.2. The van der Waals surface area contributed by atoms with Crippen LogP contribution in [0.4, 0.5) is 5.69 Å². The molecule has 0 aliphatic heterocycles. The number of rotatable bonds is 9. The number of amides is 2. The minimum atomic E-state index is -0.511. The molecule has 0 heterocycles. The Balaban J connectivity index is 1.49. The Morgan fingerprint density at radius 3 is 2.56 bits per heavy atom. The summed E-state index contributed by atoms with van der Waals surface area (Å²) in [5, 5.41) is 7.64. The highest BCUT2D eigenvalue weighted by Crippen LogP contribution is 2.28. The molecular formula is C25H22BrCl2N3O3. The van der Waals surface area contributed by atoms with Crippen molar-refractivity contribution in [2.45, 2.75) is 26.4 Å². The predicted octanol–water partition coefficient (Wildman–Crippen LogP) is 6.38. The number of para-hydroxylation sites is 1. The number of ether oxygens (including phenoxy) is 1. The average molecular weight is 563 g/mol. The number of carbonyl (C=O) groups excluding carboxylic acids is 2. The van der Waals surface area contributed by atoms with Crippen LogP contribution in [0.2, 0.25) is 10.0 Å². The first-order valence-electron chi connectivity index (χ1n) is 10.4.